The predicted octanol–water partition coefficient (Wildman–Crippen LogP) is 3.50. The number of carbonyl (C=O) groups excluding carboxylic acids is 1. The first-order valence-electron chi connectivity index (χ1n) is 9.75. The van der Waals surface area contributed by atoms with Crippen molar-refractivity contribution in [2.24, 2.45) is 0 Å². The fourth-order valence-electron chi connectivity index (χ4n) is 2.94. The third-order valence-corrected chi connectivity index (χ3v) is 5.92. The Bertz CT molecular complexity index is 1530. The molecule has 4 aromatic rings. The summed E-state index contributed by atoms with van der Waals surface area (Å²) in [7, 11) is -3.86. The average molecular weight is 462 g/mol. The molecule has 2 heterocycles. The second kappa shape index (κ2) is 9.05. The molecule has 0 unspecified atom stereocenters. The maximum absolute atomic E-state index is 12.5. The minimum absolute atomic E-state index is 0.0168. The largest absolute Gasteiger partial charge is 0.422 e. The van der Waals surface area contributed by atoms with Gasteiger partial charge in [0.15, 0.2) is 5.78 Å². The number of rotatable bonds is 7. The molecule has 0 amide bonds. The van der Waals surface area contributed by atoms with Crippen LogP contribution in [0.25, 0.3) is 11.0 Å². The summed E-state index contributed by atoms with van der Waals surface area (Å²) in [4.78, 5) is 32.4. The first-order chi connectivity index (χ1) is 15.8. The van der Waals surface area contributed by atoms with E-state index in [0.717, 1.165) is 0 Å². The second-order valence-corrected chi connectivity index (χ2v) is 8.66. The quantitative estimate of drug-likeness (QED) is 0.242. The lowest BCUT2D eigenvalue weighted by Crippen LogP contribution is -2.15. The van der Waals surface area contributed by atoms with E-state index >= 15 is 0 Å². The summed E-state index contributed by atoms with van der Waals surface area (Å²) in [6.45, 7) is 1.73. The highest BCUT2D eigenvalue weighted by molar-refractivity contribution is 7.92. The zero-order valence-electron chi connectivity index (χ0n) is 17.3. The SMILES string of the molecule is Cc1ccnc(NS(=O)(=O)c2ccc(N/C=C\C(=O)c3cc4ccccc4oc3=O)cc2)n1. The Morgan fingerprint density at radius 2 is 1.82 bits per heavy atom. The van der Waals surface area contributed by atoms with Crippen molar-refractivity contribution in [3.05, 3.63) is 101 Å². The summed E-state index contributed by atoms with van der Waals surface area (Å²) >= 11 is 0. The van der Waals surface area contributed by atoms with E-state index in [1.54, 1.807) is 37.3 Å². The van der Waals surface area contributed by atoms with Gasteiger partial charge >= 0.3 is 5.63 Å². The van der Waals surface area contributed by atoms with Crippen LogP contribution in [0.3, 0.4) is 0 Å². The van der Waals surface area contributed by atoms with Gasteiger partial charge in [-0.2, -0.15) is 0 Å². The lowest BCUT2D eigenvalue weighted by molar-refractivity contribution is 0.104. The number of allylic oxidation sites excluding steroid dienone is 1. The lowest BCUT2D eigenvalue weighted by Gasteiger charge is -2.08. The summed E-state index contributed by atoms with van der Waals surface area (Å²) in [5.74, 6) is -0.541. The van der Waals surface area contributed by atoms with E-state index in [1.165, 1.54) is 48.8 Å². The van der Waals surface area contributed by atoms with Gasteiger partial charge in [0.25, 0.3) is 10.0 Å². The number of carbonyl (C=O) groups is 1. The molecule has 0 aliphatic heterocycles. The molecular formula is C23H18N4O5S. The normalized spacial score (nSPS) is 11.5. The van der Waals surface area contributed by atoms with Crippen LogP contribution in [-0.2, 0) is 10.0 Å². The molecule has 2 aromatic carbocycles. The van der Waals surface area contributed by atoms with Crippen LogP contribution in [0.15, 0.2) is 93.2 Å². The number of aromatic nitrogens is 2. The molecule has 166 valence electrons. The Hall–Kier alpha value is -4.31. The highest BCUT2D eigenvalue weighted by Crippen LogP contribution is 2.17. The second-order valence-electron chi connectivity index (χ2n) is 6.98. The van der Waals surface area contributed by atoms with Crippen molar-refractivity contribution in [3.8, 4) is 0 Å². The van der Waals surface area contributed by atoms with Crippen LogP contribution in [0.1, 0.15) is 16.1 Å². The molecular weight excluding hydrogens is 444 g/mol. The van der Waals surface area contributed by atoms with E-state index in [4.69, 9.17) is 4.42 Å². The highest BCUT2D eigenvalue weighted by atomic mass is 32.2. The molecule has 9 nitrogen and oxygen atoms in total. The monoisotopic (exact) mass is 462 g/mol. The van der Waals surface area contributed by atoms with Gasteiger partial charge in [-0.15, -0.1) is 0 Å². The first-order valence-corrected chi connectivity index (χ1v) is 11.2. The highest BCUT2D eigenvalue weighted by Gasteiger charge is 2.15. The minimum Gasteiger partial charge on any atom is -0.422 e. The van der Waals surface area contributed by atoms with Gasteiger partial charge in [0.2, 0.25) is 5.95 Å². The van der Waals surface area contributed by atoms with Gasteiger partial charge in [-0.1, -0.05) is 18.2 Å². The summed E-state index contributed by atoms with van der Waals surface area (Å²) in [5, 5.41) is 3.51. The molecule has 0 bridgehead atoms. The Balaban J connectivity index is 1.43. The van der Waals surface area contributed by atoms with Gasteiger partial charge in [0.05, 0.1) is 4.90 Å². The number of anilines is 2. The number of ketones is 1. The van der Waals surface area contributed by atoms with Crippen LogP contribution in [0.2, 0.25) is 0 Å². The number of fused-ring (bicyclic) bond motifs is 1. The molecule has 0 aliphatic rings. The molecule has 2 aromatic heterocycles. The molecule has 0 saturated heterocycles. The van der Waals surface area contributed by atoms with E-state index in [-0.39, 0.29) is 16.4 Å². The molecule has 2 N–H and O–H groups in total. The van der Waals surface area contributed by atoms with E-state index in [2.05, 4.69) is 20.0 Å². The van der Waals surface area contributed by atoms with Gasteiger partial charge in [-0.05, 0) is 49.4 Å². The number of aryl methyl sites for hydroxylation is 1. The lowest BCUT2D eigenvalue weighted by atomic mass is 10.1. The maximum atomic E-state index is 12.5. The van der Waals surface area contributed by atoms with Crippen molar-refractivity contribution in [3.63, 3.8) is 0 Å². The predicted molar refractivity (Wildman–Crippen MR) is 124 cm³/mol. The molecule has 0 fully saturated rings. The molecule has 0 spiro atoms. The zero-order chi connectivity index (χ0) is 23.4. The van der Waals surface area contributed by atoms with Crippen molar-refractivity contribution in [2.75, 3.05) is 10.0 Å². The van der Waals surface area contributed by atoms with Gasteiger partial charge in [0.1, 0.15) is 11.1 Å². The number of nitrogens with one attached hydrogen (secondary N) is 2. The average Bonchev–Trinajstić information content (AvgIpc) is 2.78. The smallest absolute Gasteiger partial charge is 0.347 e. The standard InChI is InChI=1S/C23H18N4O5S/c1-15-10-12-25-23(26-15)27-33(30,31)18-8-6-17(7-9-18)24-13-11-20(28)19-14-16-4-2-3-5-21(16)32-22(19)29/h2-14,24H,1H3,(H,25,26,27)/b13-11-. The van der Waals surface area contributed by atoms with Crippen LogP contribution in [0.4, 0.5) is 11.6 Å². The Kier molecular flexibility index (Phi) is 6.01. The third-order valence-electron chi connectivity index (χ3n) is 4.58. The van der Waals surface area contributed by atoms with Crippen molar-refractivity contribution < 1.29 is 17.6 Å². The number of hydrogen-bond acceptors (Lipinski definition) is 8. The van der Waals surface area contributed by atoms with E-state index < -0.39 is 21.4 Å². The topological polar surface area (TPSA) is 131 Å². The maximum Gasteiger partial charge on any atom is 0.347 e. The molecule has 0 radical (unpaired) electrons. The number of hydrogen-bond donors (Lipinski definition) is 2. The van der Waals surface area contributed by atoms with Crippen molar-refractivity contribution in [1.82, 2.24) is 9.97 Å². The molecule has 4 rings (SSSR count). The zero-order valence-corrected chi connectivity index (χ0v) is 18.2. The number of benzene rings is 2. The van der Waals surface area contributed by atoms with Gasteiger partial charge < -0.3 is 9.73 Å². The van der Waals surface area contributed by atoms with Gasteiger partial charge in [-0.25, -0.2) is 27.9 Å². The Morgan fingerprint density at radius 3 is 2.58 bits per heavy atom. The number of para-hydroxylation sites is 1. The number of nitrogens with zero attached hydrogens (tertiary/aromatic N) is 2. The van der Waals surface area contributed by atoms with Crippen molar-refractivity contribution in [2.45, 2.75) is 11.8 Å². The Morgan fingerprint density at radius 1 is 1.06 bits per heavy atom. The fraction of sp³-hybridized carbons (Fsp3) is 0.0435. The third kappa shape index (κ3) is 5.13. The van der Waals surface area contributed by atoms with E-state index in [1.807, 2.05) is 0 Å². The van der Waals surface area contributed by atoms with Crippen LogP contribution in [0.5, 0.6) is 0 Å². The van der Waals surface area contributed by atoms with Crippen LogP contribution < -0.4 is 15.7 Å². The van der Waals surface area contributed by atoms with Gasteiger partial charge in [0, 0.05) is 35.2 Å². The summed E-state index contributed by atoms with van der Waals surface area (Å²) in [5.41, 5.74) is 0.765. The molecule has 0 aliphatic carbocycles. The summed E-state index contributed by atoms with van der Waals surface area (Å²) in [6, 6.07) is 15.9. The molecule has 33 heavy (non-hydrogen) atoms. The van der Waals surface area contributed by atoms with Crippen LogP contribution in [-0.4, -0.2) is 24.2 Å². The number of sulfonamides is 1. The van der Waals surface area contributed by atoms with E-state index in [9.17, 15) is 18.0 Å². The van der Waals surface area contributed by atoms with Crippen LogP contribution in [0, 0.1) is 6.92 Å². The molecule has 0 atom stereocenters. The molecule has 0 saturated carbocycles. The van der Waals surface area contributed by atoms with Crippen LogP contribution >= 0.6 is 0 Å². The van der Waals surface area contributed by atoms with E-state index in [0.29, 0.717) is 22.4 Å². The Labute approximate surface area is 188 Å². The summed E-state index contributed by atoms with van der Waals surface area (Å²) < 4.78 is 32.5. The molecule has 10 heteroatoms. The van der Waals surface area contributed by atoms with Gasteiger partial charge in [-0.3, -0.25) is 4.79 Å². The summed E-state index contributed by atoms with van der Waals surface area (Å²) in [6.07, 6.45) is 4.02. The fourth-order valence-corrected chi connectivity index (χ4v) is 3.90. The van der Waals surface area contributed by atoms with Crippen molar-refractivity contribution >= 4 is 38.4 Å². The minimum atomic E-state index is -3.86. The van der Waals surface area contributed by atoms with Crippen molar-refractivity contribution in [1.29, 1.82) is 0 Å². The first kappa shape index (κ1) is 21.9.